The molecule has 0 heterocycles. The van der Waals surface area contributed by atoms with Crippen LogP contribution < -0.4 is 10.5 Å². The molecular weight excluding hydrogens is 438 g/mol. The molecule has 6 heteroatoms. The van der Waals surface area contributed by atoms with E-state index in [2.05, 4.69) is 38.5 Å². The highest BCUT2D eigenvalue weighted by Crippen LogP contribution is 2.31. The molecule has 20 heavy (non-hydrogen) atoms. The van der Waals surface area contributed by atoms with Crippen molar-refractivity contribution in [2.24, 2.45) is 0 Å². The largest absolute Gasteiger partial charge is 0.486 e. The van der Waals surface area contributed by atoms with Crippen molar-refractivity contribution in [3.63, 3.8) is 0 Å². The molecule has 0 spiro atoms. The molecule has 0 unspecified atom stereocenters. The minimum absolute atomic E-state index is 0.257. The average molecular weight is 447 g/mol. The molecule has 0 bridgehead atoms. The zero-order chi connectivity index (χ0) is 14.7. The Morgan fingerprint density at radius 2 is 2.10 bits per heavy atom. The average Bonchev–Trinajstić information content (AvgIpc) is 2.39. The van der Waals surface area contributed by atoms with Crippen molar-refractivity contribution >= 4 is 44.2 Å². The molecular formula is C14H9BrFIN2O. The van der Waals surface area contributed by atoms with Crippen LogP contribution in [0.15, 0.2) is 34.8 Å². The highest BCUT2D eigenvalue weighted by molar-refractivity contribution is 14.1. The topological polar surface area (TPSA) is 59.0 Å². The molecule has 0 fully saturated rings. The van der Waals surface area contributed by atoms with E-state index in [0.29, 0.717) is 21.5 Å². The summed E-state index contributed by atoms with van der Waals surface area (Å²) in [5, 5.41) is 8.86. The highest BCUT2D eigenvalue weighted by atomic mass is 127. The Labute approximate surface area is 137 Å². The number of nitrogens with two attached hydrogens (primary N) is 1. The summed E-state index contributed by atoms with van der Waals surface area (Å²) in [6.45, 7) is 0.257. The van der Waals surface area contributed by atoms with Crippen molar-refractivity contribution in [3.8, 4) is 11.8 Å². The van der Waals surface area contributed by atoms with Gasteiger partial charge >= 0.3 is 0 Å². The van der Waals surface area contributed by atoms with Gasteiger partial charge < -0.3 is 10.5 Å². The van der Waals surface area contributed by atoms with E-state index < -0.39 is 0 Å². The molecule has 102 valence electrons. The van der Waals surface area contributed by atoms with Crippen LogP contribution in [0.3, 0.4) is 0 Å². The summed E-state index contributed by atoms with van der Waals surface area (Å²) in [6, 6.07) is 9.70. The second kappa shape index (κ2) is 6.41. The lowest BCUT2D eigenvalue weighted by atomic mass is 10.2. The van der Waals surface area contributed by atoms with Gasteiger partial charge in [-0.2, -0.15) is 5.26 Å². The lowest BCUT2D eigenvalue weighted by molar-refractivity contribution is 0.305. The first-order valence-corrected chi connectivity index (χ1v) is 7.44. The summed E-state index contributed by atoms with van der Waals surface area (Å²) in [4.78, 5) is 0. The molecule has 0 aliphatic heterocycles. The van der Waals surface area contributed by atoms with Gasteiger partial charge in [0, 0.05) is 10.0 Å². The van der Waals surface area contributed by atoms with Crippen molar-refractivity contribution in [3.05, 3.63) is 55.3 Å². The number of rotatable bonds is 3. The molecule has 3 nitrogen and oxygen atoms in total. The Balaban J connectivity index is 2.21. The monoisotopic (exact) mass is 446 g/mol. The van der Waals surface area contributed by atoms with Gasteiger partial charge in [0.05, 0.1) is 20.9 Å². The van der Waals surface area contributed by atoms with E-state index in [1.165, 1.54) is 12.1 Å². The highest BCUT2D eigenvalue weighted by Gasteiger charge is 2.10. The van der Waals surface area contributed by atoms with Crippen molar-refractivity contribution < 1.29 is 9.13 Å². The minimum atomic E-state index is -0.312. The van der Waals surface area contributed by atoms with E-state index in [0.717, 1.165) is 9.13 Å². The van der Waals surface area contributed by atoms with Crippen LogP contribution in [0.2, 0.25) is 0 Å². The number of hydrogen-bond acceptors (Lipinski definition) is 3. The van der Waals surface area contributed by atoms with E-state index in [1.807, 2.05) is 6.07 Å². The van der Waals surface area contributed by atoms with Gasteiger partial charge in [-0.05, 0) is 46.9 Å². The van der Waals surface area contributed by atoms with E-state index in [4.69, 9.17) is 15.7 Å². The maximum atomic E-state index is 13.0. The summed E-state index contributed by atoms with van der Waals surface area (Å²) in [6.07, 6.45) is 0. The van der Waals surface area contributed by atoms with Crippen LogP contribution in [0.5, 0.6) is 5.75 Å². The van der Waals surface area contributed by atoms with Gasteiger partial charge in [0.15, 0.2) is 5.75 Å². The first kappa shape index (κ1) is 15.1. The number of ether oxygens (including phenoxy) is 1. The second-order valence-corrected chi connectivity index (χ2v) is 6.03. The van der Waals surface area contributed by atoms with Gasteiger partial charge in [0.1, 0.15) is 12.4 Å². The quantitative estimate of drug-likeness (QED) is 0.567. The fourth-order valence-electron chi connectivity index (χ4n) is 1.62. The smallest absolute Gasteiger partial charge is 0.156 e. The van der Waals surface area contributed by atoms with E-state index in [9.17, 15) is 4.39 Å². The molecule has 0 saturated heterocycles. The molecule has 0 aliphatic rings. The molecule has 0 amide bonds. The number of nitrogens with zero attached hydrogens (tertiary/aromatic N) is 1. The molecule has 0 aliphatic carbocycles. The summed E-state index contributed by atoms with van der Waals surface area (Å²) >= 11 is 5.35. The number of benzene rings is 2. The summed E-state index contributed by atoms with van der Waals surface area (Å²) in [5.74, 6) is 0.217. The van der Waals surface area contributed by atoms with Crippen molar-refractivity contribution in [1.29, 1.82) is 5.26 Å². The Morgan fingerprint density at radius 3 is 2.70 bits per heavy atom. The number of nitriles is 1. The Bertz CT molecular complexity index is 677. The lowest BCUT2D eigenvalue weighted by Crippen LogP contribution is -2.02. The molecule has 0 atom stereocenters. The van der Waals surface area contributed by atoms with Crippen LogP contribution in [0.1, 0.15) is 11.1 Å². The van der Waals surface area contributed by atoms with Crippen LogP contribution in [-0.2, 0) is 6.61 Å². The Morgan fingerprint density at radius 1 is 1.35 bits per heavy atom. The van der Waals surface area contributed by atoms with Gasteiger partial charge in [-0.1, -0.05) is 22.0 Å². The first-order valence-electron chi connectivity index (χ1n) is 5.57. The van der Waals surface area contributed by atoms with Crippen molar-refractivity contribution in [2.75, 3.05) is 5.73 Å². The molecule has 2 aromatic carbocycles. The third-order valence-electron chi connectivity index (χ3n) is 2.59. The lowest BCUT2D eigenvalue weighted by Gasteiger charge is -2.12. The van der Waals surface area contributed by atoms with Crippen LogP contribution in [0, 0.1) is 20.7 Å². The van der Waals surface area contributed by atoms with Crippen LogP contribution in [0.25, 0.3) is 0 Å². The first-order chi connectivity index (χ1) is 9.51. The molecule has 0 aromatic heterocycles. The Hall–Kier alpha value is -1.33. The molecule has 0 radical (unpaired) electrons. The van der Waals surface area contributed by atoms with Gasteiger partial charge in [0.25, 0.3) is 0 Å². The zero-order valence-electron chi connectivity index (χ0n) is 10.2. The SMILES string of the molecule is N#Cc1cc(N)c(OCc2ccc(F)cc2Br)c(I)c1. The van der Waals surface area contributed by atoms with Crippen molar-refractivity contribution in [1.82, 2.24) is 0 Å². The molecule has 2 aromatic rings. The molecule has 2 rings (SSSR count). The van der Waals surface area contributed by atoms with Crippen LogP contribution >= 0.6 is 38.5 Å². The zero-order valence-corrected chi connectivity index (χ0v) is 13.9. The predicted molar refractivity (Wildman–Crippen MR) is 86.7 cm³/mol. The van der Waals surface area contributed by atoms with E-state index >= 15 is 0 Å². The van der Waals surface area contributed by atoms with Gasteiger partial charge in [-0.15, -0.1) is 0 Å². The summed E-state index contributed by atoms with van der Waals surface area (Å²) < 4.78 is 20.1. The number of hydrogen-bond donors (Lipinski definition) is 1. The summed E-state index contributed by atoms with van der Waals surface area (Å²) in [7, 11) is 0. The number of halogens is 3. The standard InChI is InChI=1S/C14H9BrFIN2O/c15-11-5-10(16)2-1-9(11)7-20-14-12(17)3-8(6-18)4-13(14)19/h1-5H,7,19H2. The summed E-state index contributed by atoms with van der Waals surface area (Å²) in [5.41, 5.74) is 7.58. The minimum Gasteiger partial charge on any atom is -0.486 e. The maximum absolute atomic E-state index is 13.0. The van der Waals surface area contributed by atoms with Gasteiger partial charge in [-0.25, -0.2) is 4.39 Å². The van der Waals surface area contributed by atoms with E-state index in [-0.39, 0.29) is 12.4 Å². The Kier molecular flexibility index (Phi) is 4.83. The third kappa shape index (κ3) is 3.41. The number of nitrogen functional groups attached to an aromatic ring is 1. The predicted octanol–water partition coefficient (Wildman–Crippen LogP) is 4.23. The maximum Gasteiger partial charge on any atom is 0.156 e. The van der Waals surface area contributed by atoms with E-state index in [1.54, 1.807) is 18.2 Å². The second-order valence-electron chi connectivity index (χ2n) is 4.01. The third-order valence-corrected chi connectivity index (χ3v) is 4.13. The normalized spacial score (nSPS) is 10.1. The van der Waals surface area contributed by atoms with Crippen molar-refractivity contribution in [2.45, 2.75) is 6.61 Å². The van der Waals surface area contributed by atoms with Gasteiger partial charge in [0.2, 0.25) is 0 Å². The number of anilines is 1. The van der Waals surface area contributed by atoms with Crippen LogP contribution in [-0.4, -0.2) is 0 Å². The van der Waals surface area contributed by atoms with Crippen LogP contribution in [0.4, 0.5) is 10.1 Å². The van der Waals surface area contributed by atoms with Gasteiger partial charge in [-0.3, -0.25) is 0 Å². The fraction of sp³-hybridized carbons (Fsp3) is 0.0714. The molecule has 0 saturated carbocycles. The fourth-order valence-corrected chi connectivity index (χ4v) is 2.89. The molecule has 2 N–H and O–H groups in total.